The first-order valence-electron chi connectivity index (χ1n) is 7.23. The predicted octanol–water partition coefficient (Wildman–Crippen LogP) is 4.22. The molecular weight excluding hydrogens is 309 g/mol. The van der Waals surface area contributed by atoms with E-state index in [9.17, 15) is 19.4 Å². The second kappa shape index (κ2) is 6.42. The molecule has 3 aromatic carbocycles. The fourth-order valence-corrected chi connectivity index (χ4v) is 2.31. The van der Waals surface area contributed by atoms with Crippen LogP contribution in [0.3, 0.4) is 0 Å². The van der Waals surface area contributed by atoms with Crippen molar-refractivity contribution in [2.24, 2.45) is 0 Å². The summed E-state index contributed by atoms with van der Waals surface area (Å²) in [7, 11) is 0. The average molecular weight is 323 g/mol. The minimum Gasteiger partial charge on any atom is -0.508 e. The molecule has 0 heterocycles. The number of rotatable bonds is 3. The van der Waals surface area contributed by atoms with E-state index in [0.717, 1.165) is 0 Å². The van der Waals surface area contributed by atoms with E-state index in [-0.39, 0.29) is 17.4 Å². The van der Waals surface area contributed by atoms with Crippen molar-refractivity contribution in [2.75, 3.05) is 4.90 Å². The molecule has 3 rings (SSSR count). The van der Waals surface area contributed by atoms with Gasteiger partial charge >= 0.3 is 0 Å². The van der Waals surface area contributed by atoms with Crippen molar-refractivity contribution in [3.05, 3.63) is 84.2 Å². The lowest BCUT2D eigenvalue weighted by Gasteiger charge is -2.23. The van der Waals surface area contributed by atoms with Crippen LogP contribution in [0.5, 0.6) is 11.5 Å². The maximum atomic E-state index is 13.1. The third-order valence-electron chi connectivity index (χ3n) is 3.51. The van der Waals surface area contributed by atoms with Crippen LogP contribution in [-0.4, -0.2) is 16.1 Å². The van der Waals surface area contributed by atoms with E-state index in [2.05, 4.69) is 0 Å². The molecule has 0 aliphatic carbocycles. The van der Waals surface area contributed by atoms with E-state index in [1.54, 1.807) is 24.3 Å². The van der Waals surface area contributed by atoms with Crippen LogP contribution in [0.2, 0.25) is 0 Å². The number of amides is 1. The van der Waals surface area contributed by atoms with E-state index in [1.165, 1.54) is 53.4 Å². The van der Waals surface area contributed by atoms with Crippen LogP contribution in [-0.2, 0) is 0 Å². The van der Waals surface area contributed by atoms with Crippen LogP contribution in [0.15, 0.2) is 72.8 Å². The Morgan fingerprint density at radius 2 is 1.12 bits per heavy atom. The first-order valence-corrected chi connectivity index (χ1v) is 7.23. The fourth-order valence-electron chi connectivity index (χ4n) is 2.31. The number of carbonyl (C=O) groups is 1. The first kappa shape index (κ1) is 15.6. The fraction of sp³-hybridized carbons (Fsp3) is 0. The number of hydrogen-bond acceptors (Lipinski definition) is 3. The first-order chi connectivity index (χ1) is 11.5. The van der Waals surface area contributed by atoms with Gasteiger partial charge in [0.25, 0.3) is 5.91 Å². The zero-order chi connectivity index (χ0) is 17.1. The summed E-state index contributed by atoms with van der Waals surface area (Å²) in [4.78, 5) is 14.3. The molecule has 1 amide bonds. The standard InChI is InChI=1S/C19H14FNO3/c20-14-3-1-13(2-4-14)19(24)21(15-5-9-17(22)10-6-15)16-7-11-18(23)12-8-16/h1-12,22-23H. The Hall–Kier alpha value is -3.34. The van der Waals surface area contributed by atoms with Crippen molar-refractivity contribution in [2.45, 2.75) is 0 Å². The Labute approximate surface area is 138 Å². The number of carbonyl (C=O) groups excluding carboxylic acids is 1. The van der Waals surface area contributed by atoms with Gasteiger partial charge in [0, 0.05) is 16.9 Å². The Balaban J connectivity index is 2.07. The van der Waals surface area contributed by atoms with E-state index in [1.807, 2.05) is 0 Å². The summed E-state index contributed by atoms with van der Waals surface area (Å²) >= 11 is 0. The van der Waals surface area contributed by atoms with Gasteiger partial charge in [-0.3, -0.25) is 9.69 Å². The normalized spacial score (nSPS) is 10.4. The van der Waals surface area contributed by atoms with Crippen molar-refractivity contribution >= 4 is 17.3 Å². The van der Waals surface area contributed by atoms with Crippen LogP contribution < -0.4 is 4.90 Å². The lowest BCUT2D eigenvalue weighted by atomic mass is 10.1. The summed E-state index contributed by atoms with van der Waals surface area (Å²) in [6.45, 7) is 0. The molecule has 0 unspecified atom stereocenters. The van der Waals surface area contributed by atoms with Crippen LogP contribution in [0, 0.1) is 5.82 Å². The Morgan fingerprint density at radius 1 is 0.708 bits per heavy atom. The van der Waals surface area contributed by atoms with Crippen molar-refractivity contribution in [1.29, 1.82) is 0 Å². The highest BCUT2D eigenvalue weighted by Crippen LogP contribution is 2.30. The molecule has 0 spiro atoms. The predicted molar refractivity (Wildman–Crippen MR) is 89.1 cm³/mol. The van der Waals surface area contributed by atoms with Gasteiger partial charge in [0.05, 0.1) is 0 Å². The van der Waals surface area contributed by atoms with Gasteiger partial charge in [0.1, 0.15) is 17.3 Å². The number of phenols is 2. The van der Waals surface area contributed by atoms with Crippen molar-refractivity contribution in [1.82, 2.24) is 0 Å². The number of anilines is 2. The van der Waals surface area contributed by atoms with Crippen LogP contribution in [0.25, 0.3) is 0 Å². The summed E-state index contributed by atoms with van der Waals surface area (Å²) in [6, 6.07) is 17.6. The summed E-state index contributed by atoms with van der Waals surface area (Å²) in [5.41, 5.74) is 1.39. The van der Waals surface area contributed by atoms with E-state index in [4.69, 9.17) is 0 Å². The quantitative estimate of drug-likeness (QED) is 0.759. The number of nitrogens with zero attached hydrogens (tertiary/aromatic N) is 1. The third kappa shape index (κ3) is 3.20. The highest BCUT2D eigenvalue weighted by Gasteiger charge is 2.20. The number of halogens is 1. The zero-order valence-electron chi connectivity index (χ0n) is 12.6. The summed E-state index contributed by atoms with van der Waals surface area (Å²) in [5, 5.41) is 18.9. The Bertz CT molecular complexity index is 798. The maximum Gasteiger partial charge on any atom is 0.262 e. The lowest BCUT2D eigenvalue weighted by Crippen LogP contribution is -2.25. The summed E-state index contributed by atoms with van der Waals surface area (Å²) in [6.07, 6.45) is 0. The molecule has 0 aromatic heterocycles. The number of benzene rings is 3. The SMILES string of the molecule is O=C(c1ccc(F)cc1)N(c1ccc(O)cc1)c1ccc(O)cc1. The molecular formula is C19H14FNO3. The molecule has 0 radical (unpaired) electrons. The Kier molecular flexibility index (Phi) is 4.16. The topological polar surface area (TPSA) is 60.8 Å². The maximum absolute atomic E-state index is 13.1. The molecule has 0 atom stereocenters. The van der Waals surface area contributed by atoms with E-state index in [0.29, 0.717) is 16.9 Å². The average Bonchev–Trinajstić information content (AvgIpc) is 2.59. The molecule has 24 heavy (non-hydrogen) atoms. The monoisotopic (exact) mass is 323 g/mol. The van der Waals surface area contributed by atoms with Crippen LogP contribution in [0.4, 0.5) is 15.8 Å². The number of hydrogen-bond donors (Lipinski definition) is 2. The second-order valence-electron chi connectivity index (χ2n) is 5.18. The van der Waals surface area contributed by atoms with Gasteiger partial charge in [-0.1, -0.05) is 0 Å². The van der Waals surface area contributed by atoms with Gasteiger partial charge in [-0.15, -0.1) is 0 Å². The summed E-state index contributed by atoms with van der Waals surface area (Å²) in [5.74, 6) is -0.615. The smallest absolute Gasteiger partial charge is 0.262 e. The highest BCUT2D eigenvalue weighted by atomic mass is 19.1. The molecule has 0 aliphatic rings. The van der Waals surface area contributed by atoms with Gasteiger partial charge in [-0.05, 0) is 72.8 Å². The molecule has 5 heteroatoms. The lowest BCUT2D eigenvalue weighted by molar-refractivity contribution is 0.0999. The minimum atomic E-state index is -0.424. The zero-order valence-corrected chi connectivity index (χ0v) is 12.6. The van der Waals surface area contributed by atoms with Crippen LogP contribution >= 0.6 is 0 Å². The van der Waals surface area contributed by atoms with E-state index < -0.39 is 5.82 Å². The molecule has 0 fully saturated rings. The molecule has 0 aliphatic heterocycles. The van der Waals surface area contributed by atoms with Crippen LogP contribution in [0.1, 0.15) is 10.4 Å². The minimum absolute atomic E-state index is 0.0821. The van der Waals surface area contributed by atoms with Crippen molar-refractivity contribution in [3.63, 3.8) is 0 Å². The Morgan fingerprint density at radius 3 is 1.54 bits per heavy atom. The molecule has 0 saturated carbocycles. The van der Waals surface area contributed by atoms with Crippen molar-refractivity contribution < 1.29 is 19.4 Å². The molecule has 3 aromatic rings. The molecule has 4 nitrogen and oxygen atoms in total. The van der Waals surface area contributed by atoms with Gasteiger partial charge in [0.2, 0.25) is 0 Å². The third-order valence-corrected chi connectivity index (χ3v) is 3.51. The van der Waals surface area contributed by atoms with Crippen molar-refractivity contribution in [3.8, 4) is 11.5 Å². The van der Waals surface area contributed by atoms with E-state index >= 15 is 0 Å². The molecule has 2 N–H and O–H groups in total. The molecule has 120 valence electrons. The number of phenolic OH excluding ortho intramolecular Hbond substituents is 2. The van der Waals surface area contributed by atoms with Gasteiger partial charge in [0.15, 0.2) is 0 Å². The molecule has 0 bridgehead atoms. The highest BCUT2D eigenvalue weighted by molar-refractivity contribution is 6.10. The molecule has 0 saturated heterocycles. The largest absolute Gasteiger partial charge is 0.508 e. The number of aromatic hydroxyl groups is 2. The van der Waals surface area contributed by atoms with Gasteiger partial charge in [-0.25, -0.2) is 4.39 Å². The van der Waals surface area contributed by atoms with Gasteiger partial charge < -0.3 is 10.2 Å². The summed E-state index contributed by atoms with van der Waals surface area (Å²) < 4.78 is 13.1. The van der Waals surface area contributed by atoms with Gasteiger partial charge in [-0.2, -0.15) is 0 Å². The second-order valence-corrected chi connectivity index (χ2v) is 5.18.